The highest BCUT2D eigenvalue weighted by molar-refractivity contribution is 5.80. The van der Waals surface area contributed by atoms with Crippen LogP contribution in [0.1, 0.15) is 74.1 Å². The molecule has 0 aromatic rings. The second-order valence-corrected chi connectivity index (χ2v) is 7.26. The van der Waals surface area contributed by atoms with E-state index < -0.39 is 0 Å². The van der Waals surface area contributed by atoms with Crippen LogP contribution in [0.5, 0.6) is 0 Å². The number of aliphatic hydroxyl groups is 1. The molecule has 2 aliphatic rings. The zero-order chi connectivity index (χ0) is 21.8. The maximum Gasteiger partial charge on any atom is 0.101 e. The Kier molecular flexibility index (Phi) is 21.0. The summed E-state index contributed by atoms with van der Waals surface area (Å²) in [5, 5.41) is 8.46. The van der Waals surface area contributed by atoms with E-state index in [-0.39, 0.29) is 0 Å². The molecule has 0 unspecified atom stereocenters. The van der Waals surface area contributed by atoms with Crippen molar-refractivity contribution in [3.8, 4) is 0 Å². The molecule has 0 bridgehead atoms. The van der Waals surface area contributed by atoms with Gasteiger partial charge in [-0.1, -0.05) is 47.5 Å². The van der Waals surface area contributed by atoms with Crippen LogP contribution in [0.25, 0.3) is 0 Å². The van der Waals surface area contributed by atoms with Crippen LogP contribution in [0.3, 0.4) is 0 Å². The fraction of sp³-hybridized carbons (Fsp3) is 0.783. The van der Waals surface area contributed by atoms with Gasteiger partial charge in [0.2, 0.25) is 0 Å². The molecule has 1 atom stereocenters. The van der Waals surface area contributed by atoms with E-state index in [1.807, 2.05) is 27.7 Å². The molecular weight excluding hydrogens is 348 g/mol. The van der Waals surface area contributed by atoms with Gasteiger partial charge in [0.05, 0.1) is 6.26 Å². The zero-order valence-electron chi connectivity index (χ0n) is 19.7. The van der Waals surface area contributed by atoms with Crippen LogP contribution in [-0.4, -0.2) is 59.5 Å². The van der Waals surface area contributed by atoms with Crippen molar-refractivity contribution in [2.75, 3.05) is 32.7 Å². The highest BCUT2D eigenvalue weighted by Crippen LogP contribution is 2.26. The lowest BCUT2D eigenvalue weighted by molar-refractivity contribution is 0.182. The van der Waals surface area contributed by atoms with Crippen LogP contribution in [-0.2, 0) is 0 Å². The summed E-state index contributed by atoms with van der Waals surface area (Å²) in [6.45, 7) is 20.2. The first-order valence-electron chi connectivity index (χ1n) is 11.2. The average molecular weight is 397 g/mol. The summed E-state index contributed by atoms with van der Waals surface area (Å²) >= 11 is 0. The molecule has 3 N–H and O–H groups in total. The molecule has 166 valence electrons. The van der Waals surface area contributed by atoms with Gasteiger partial charge in [-0.15, -0.1) is 0 Å². The van der Waals surface area contributed by atoms with Gasteiger partial charge in [-0.3, -0.25) is 4.90 Å². The fourth-order valence-corrected chi connectivity index (χ4v) is 2.11. The minimum atomic E-state index is 0.384. The Morgan fingerprint density at radius 3 is 2.00 bits per heavy atom. The molecule has 1 saturated carbocycles. The molecule has 1 aliphatic carbocycles. The molecule has 5 nitrogen and oxygen atoms in total. The average Bonchev–Trinajstić information content (AvgIpc) is 3.50. The summed E-state index contributed by atoms with van der Waals surface area (Å²) in [5.74, 6) is 2.13. The Balaban J connectivity index is 0. The predicted octanol–water partition coefficient (Wildman–Crippen LogP) is 5.20. The first kappa shape index (κ1) is 28.9. The SMILES string of the molecule is CC.CC1CC1.CCCN1CCN(C(C)=N/C=C\C=C\O)CC1.CC[C@@H](C)N. The van der Waals surface area contributed by atoms with Crippen molar-refractivity contribution in [1.29, 1.82) is 0 Å². The number of aliphatic hydroxyl groups excluding tert-OH is 1. The van der Waals surface area contributed by atoms with Gasteiger partial charge in [-0.2, -0.15) is 0 Å². The Hall–Kier alpha value is -1.33. The molecule has 1 aliphatic heterocycles. The van der Waals surface area contributed by atoms with Crippen molar-refractivity contribution in [1.82, 2.24) is 9.80 Å². The number of hydrogen-bond donors (Lipinski definition) is 2. The normalized spacial score (nSPS) is 18.6. The maximum absolute atomic E-state index is 8.46. The lowest BCUT2D eigenvalue weighted by Gasteiger charge is -2.35. The van der Waals surface area contributed by atoms with Crippen molar-refractivity contribution < 1.29 is 5.11 Å². The van der Waals surface area contributed by atoms with Gasteiger partial charge in [0.25, 0.3) is 0 Å². The number of piperazine rings is 1. The summed E-state index contributed by atoms with van der Waals surface area (Å²) in [6, 6.07) is 0.384. The van der Waals surface area contributed by atoms with Crippen molar-refractivity contribution in [3.63, 3.8) is 0 Å². The summed E-state index contributed by atoms with van der Waals surface area (Å²) in [5.41, 5.74) is 5.29. The Morgan fingerprint density at radius 1 is 1.14 bits per heavy atom. The smallest absolute Gasteiger partial charge is 0.101 e. The summed E-state index contributed by atoms with van der Waals surface area (Å²) in [6.07, 6.45) is 11.3. The van der Waals surface area contributed by atoms with Crippen molar-refractivity contribution in [2.24, 2.45) is 16.6 Å². The molecule has 0 aromatic carbocycles. The molecule has 1 heterocycles. The van der Waals surface area contributed by atoms with Gasteiger partial charge in [-0.25, -0.2) is 4.99 Å². The van der Waals surface area contributed by atoms with E-state index in [4.69, 9.17) is 10.8 Å². The van der Waals surface area contributed by atoms with E-state index >= 15 is 0 Å². The second-order valence-electron chi connectivity index (χ2n) is 7.26. The number of amidine groups is 1. The van der Waals surface area contributed by atoms with Crippen LogP contribution in [0, 0.1) is 5.92 Å². The van der Waals surface area contributed by atoms with Crippen LogP contribution in [0.4, 0.5) is 0 Å². The van der Waals surface area contributed by atoms with E-state index in [9.17, 15) is 0 Å². The van der Waals surface area contributed by atoms with Crippen LogP contribution >= 0.6 is 0 Å². The van der Waals surface area contributed by atoms with Gasteiger partial charge < -0.3 is 15.7 Å². The zero-order valence-corrected chi connectivity index (χ0v) is 19.7. The van der Waals surface area contributed by atoms with Crippen molar-refractivity contribution in [2.45, 2.75) is 80.2 Å². The standard InChI is InChI=1S/C13H23N3O.C4H11N.C4H8.C2H6/c1-3-7-15-8-10-16(11-9-15)13(2)14-6-4-5-12-17;1-3-4(2)5;1-4-2-3-4;1-2/h4-6,12,17H,3,7-11H2,1-2H3;4H,3,5H2,1-2H3;4H,2-3H2,1H3;1-2H3/b6-4-,12-5+,14-13?;;;/t;4-;;/m.1../s1. The number of nitrogens with zero attached hydrogens (tertiary/aromatic N) is 3. The lowest BCUT2D eigenvalue weighted by Crippen LogP contribution is -2.48. The number of rotatable bonds is 5. The first-order valence-corrected chi connectivity index (χ1v) is 11.2. The van der Waals surface area contributed by atoms with Gasteiger partial charge in [0, 0.05) is 38.4 Å². The number of allylic oxidation sites excluding steroid dienone is 2. The lowest BCUT2D eigenvalue weighted by atomic mass is 10.3. The van der Waals surface area contributed by atoms with Gasteiger partial charge >= 0.3 is 0 Å². The van der Waals surface area contributed by atoms with Gasteiger partial charge in [0.15, 0.2) is 0 Å². The minimum absolute atomic E-state index is 0.384. The largest absolute Gasteiger partial charge is 0.516 e. The molecular formula is C23H48N4O. The fourth-order valence-electron chi connectivity index (χ4n) is 2.11. The number of hydrogen-bond acceptors (Lipinski definition) is 4. The van der Waals surface area contributed by atoms with E-state index in [2.05, 4.69) is 35.6 Å². The summed E-state index contributed by atoms with van der Waals surface area (Å²) in [4.78, 5) is 9.14. The van der Waals surface area contributed by atoms with Crippen LogP contribution < -0.4 is 5.73 Å². The molecule has 0 spiro atoms. The van der Waals surface area contributed by atoms with Crippen molar-refractivity contribution in [3.05, 3.63) is 24.6 Å². The quantitative estimate of drug-likeness (QED) is 0.290. The van der Waals surface area contributed by atoms with E-state index in [1.54, 1.807) is 18.4 Å². The van der Waals surface area contributed by atoms with E-state index in [1.165, 1.54) is 25.8 Å². The third kappa shape index (κ3) is 19.4. The van der Waals surface area contributed by atoms with Gasteiger partial charge in [0.1, 0.15) is 5.84 Å². The second kappa shape index (κ2) is 20.4. The van der Waals surface area contributed by atoms with Crippen LogP contribution in [0.15, 0.2) is 29.6 Å². The highest BCUT2D eigenvalue weighted by Gasteiger charge is 2.16. The highest BCUT2D eigenvalue weighted by atomic mass is 16.2. The Bertz CT molecular complexity index is 407. The Labute approximate surface area is 175 Å². The molecule has 2 rings (SSSR count). The number of aliphatic imine (C=N–C) groups is 1. The third-order valence-corrected chi connectivity index (χ3v) is 4.42. The monoisotopic (exact) mass is 396 g/mol. The maximum atomic E-state index is 8.46. The summed E-state index contributed by atoms with van der Waals surface area (Å²) in [7, 11) is 0. The molecule has 0 amide bonds. The molecule has 0 radical (unpaired) electrons. The van der Waals surface area contributed by atoms with Gasteiger partial charge in [-0.05, 0) is 51.3 Å². The molecule has 0 aromatic heterocycles. The predicted molar refractivity (Wildman–Crippen MR) is 126 cm³/mol. The molecule has 5 heteroatoms. The van der Waals surface area contributed by atoms with E-state index in [0.29, 0.717) is 6.04 Å². The third-order valence-electron chi connectivity index (χ3n) is 4.42. The first-order chi connectivity index (χ1) is 13.4. The summed E-state index contributed by atoms with van der Waals surface area (Å²) < 4.78 is 0. The topological polar surface area (TPSA) is 65.1 Å². The molecule has 28 heavy (non-hydrogen) atoms. The molecule has 1 saturated heterocycles. The van der Waals surface area contributed by atoms with Crippen LogP contribution in [0.2, 0.25) is 0 Å². The minimum Gasteiger partial charge on any atom is -0.516 e. The molecule has 2 fully saturated rings. The Morgan fingerprint density at radius 2 is 1.64 bits per heavy atom. The van der Waals surface area contributed by atoms with Crippen molar-refractivity contribution >= 4 is 5.84 Å². The number of nitrogens with two attached hydrogens (primary N) is 1. The van der Waals surface area contributed by atoms with E-state index in [0.717, 1.165) is 50.6 Å².